The number of nitrogens with two attached hydrogens (primary N) is 1. The zero-order valence-electron chi connectivity index (χ0n) is 15.0. The van der Waals surface area contributed by atoms with Crippen molar-refractivity contribution < 1.29 is 27.4 Å². The summed E-state index contributed by atoms with van der Waals surface area (Å²) in [6.45, 7) is 4.03. The molecule has 1 aliphatic rings. The van der Waals surface area contributed by atoms with Crippen LogP contribution in [-0.2, 0) is 11.2 Å². The van der Waals surface area contributed by atoms with Crippen LogP contribution in [0.25, 0.3) is 11.1 Å². The van der Waals surface area contributed by atoms with E-state index in [-0.39, 0.29) is 11.2 Å². The topological polar surface area (TPSA) is 61.6 Å². The van der Waals surface area contributed by atoms with Crippen LogP contribution in [0.3, 0.4) is 0 Å². The molecule has 27 heavy (non-hydrogen) atoms. The summed E-state index contributed by atoms with van der Waals surface area (Å²) in [7, 11) is 0. The zero-order chi connectivity index (χ0) is 19.8. The van der Waals surface area contributed by atoms with Crippen LogP contribution in [0.1, 0.15) is 37.5 Å². The van der Waals surface area contributed by atoms with Crippen molar-refractivity contribution in [1.29, 1.82) is 0 Å². The zero-order valence-corrected chi connectivity index (χ0v) is 15.0. The minimum atomic E-state index is -4.72. The Kier molecular flexibility index (Phi) is 4.80. The molecule has 0 saturated heterocycles. The predicted molar refractivity (Wildman–Crippen MR) is 94.1 cm³/mol. The highest BCUT2D eigenvalue weighted by atomic mass is 19.4. The fourth-order valence-corrected chi connectivity index (χ4v) is 3.44. The van der Waals surface area contributed by atoms with Crippen LogP contribution in [0.15, 0.2) is 42.5 Å². The van der Waals surface area contributed by atoms with Crippen LogP contribution in [0.2, 0.25) is 0 Å². The van der Waals surface area contributed by atoms with E-state index in [9.17, 15) is 18.0 Å². The van der Waals surface area contributed by atoms with Crippen LogP contribution >= 0.6 is 0 Å². The second-order valence-electron chi connectivity index (χ2n) is 7.29. The number of hydrogen-bond acceptors (Lipinski definition) is 3. The Hall–Kier alpha value is -2.70. The summed E-state index contributed by atoms with van der Waals surface area (Å²) in [5.74, 6) is -0.278. The molecule has 144 valence electrons. The highest BCUT2D eigenvalue weighted by Gasteiger charge is 2.38. The third-order valence-electron chi connectivity index (χ3n) is 4.83. The van der Waals surface area contributed by atoms with E-state index < -0.39 is 18.6 Å². The summed E-state index contributed by atoms with van der Waals surface area (Å²) in [5, 5.41) is 0. The maximum Gasteiger partial charge on any atom is 0.573 e. The molecule has 3 rings (SSSR count). The lowest BCUT2D eigenvalue weighted by atomic mass is 9.71. The standard InChI is InChI=1S/C20H20F3NO3/c1-19(2)10-9-13-3-4-14(11-16(13)17(19)26-18(24)25)12-5-7-15(8-6-12)27-20(21,22)23/h3-8,11,17H,9-10H2,1-2H3,(H2,24,25). The van der Waals surface area contributed by atoms with Gasteiger partial charge in [-0.1, -0.05) is 38.1 Å². The number of alkyl halides is 3. The Labute approximate surface area is 155 Å². The summed E-state index contributed by atoms with van der Waals surface area (Å²) in [5.41, 5.74) is 8.46. The Morgan fingerprint density at radius 2 is 1.74 bits per heavy atom. The minimum absolute atomic E-state index is 0.273. The molecular weight excluding hydrogens is 359 g/mol. The summed E-state index contributed by atoms with van der Waals surface area (Å²) in [6, 6.07) is 11.4. The smallest absolute Gasteiger partial charge is 0.441 e. The van der Waals surface area contributed by atoms with Gasteiger partial charge in [0.1, 0.15) is 11.9 Å². The van der Waals surface area contributed by atoms with Gasteiger partial charge in [-0.05, 0) is 53.3 Å². The van der Waals surface area contributed by atoms with Crippen LogP contribution < -0.4 is 10.5 Å². The van der Waals surface area contributed by atoms with Gasteiger partial charge in [0.05, 0.1) is 0 Å². The van der Waals surface area contributed by atoms with Gasteiger partial charge in [-0.3, -0.25) is 0 Å². The second-order valence-corrected chi connectivity index (χ2v) is 7.29. The van der Waals surface area contributed by atoms with Crippen molar-refractivity contribution in [3.05, 3.63) is 53.6 Å². The van der Waals surface area contributed by atoms with E-state index in [1.54, 1.807) is 12.1 Å². The SMILES string of the molecule is CC1(C)CCc2ccc(-c3ccc(OC(F)(F)F)cc3)cc2C1OC(N)=O. The van der Waals surface area contributed by atoms with E-state index >= 15 is 0 Å². The number of hydrogen-bond donors (Lipinski definition) is 1. The summed E-state index contributed by atoms with van der Waals surface area (Å²) < 4.78 is 46.2. The summed E-state index contributed by atoms with van der Waals surface area (Å²) >= 11 is 0. The van der Waals surface area contributed by atoms with E-state index in [0.717, 1.165) is 35.1 Å². The van der Waals surface area contributed by atoms with Crippen LogP contribution in [-0.4, -0.2) is 12.5 Å². The highest BCUT2D eigenvalue weighted by molar-refractivity contribution is 5.68. The molecule has 4 nitrogen and oxygen atoms in total. The van der Waals surface area contributed by atoms with E-state index in [0.29, 0.717) is 0 Å². The fraction of sp³-hybridized carbons (Fsp3) is 0.350. The highest BCUT2D eigenvalue weighted by Crippen LogP contribution is 2.46. The van der Waals surface area contributed by atoms with Gasteiger partial charge < -0.3 is 15.2 Å². The number of amides is 1. The number of rotatable bonds is 3. The summed E-state index contributed by atoms with van der Waals surface area (Å²) in [6.07, 6.45) is -4.34. The first-order valence-electron chi connectivity index (χ1n) is 8.50. The molecule has 1 atom stereocenters. The molecule has 0 fully saturated rings. The lowest BCUT2D eigenvalue weighted by Gasteiger charge is -2.39. The molecule has 0 aliphatic heterocycles. The number of primary amides is 1. The van der Waals surface area contributed by atoms with Crippen LogP contribution in [0, 0.1) is 5.41 Å². The molecule has 1 unspecified atom stereocenters. The average Bonchev–Trinajstić information content (AvgIpc) is 2.56. The van der Waals surface area contributed by atoms with E-state index in [1.165, 1.54) is 12.1 Å². The number of benzene rings is 2. The number of fused-ring (bicyclic) bond motifs is 1. The molecule has 7 heteroatoms. The average molecular weight is 379 g/mol. The molecule has 0 spiro atoms. The van der Waals surface area contributed by atoms with E-state index in [1.807, 2.05) is 32.0 Å². The third-order valence-corrected chi connectivity index (χ3v) is 4.83. The van der Waals surface area contributed by atoms with E-state index in [4.69, 9.17) is 10.5 Å². The molecule has 0 heterocycles. The minimum Gasteiger partial charge on any atom is -0.441 e. The Morgan fingerprint density at radius 3 is 2.33 bits per heavy atom. The third kappa shape index (κ3) is 4.35. The molecule has 1 aliphatic carbocycles. The molecular formula is C20H20F3NO3. The van der Waals surface area contributed by atoms with Crippen LogP contribution in [0.5, 0.6) is 5.75 Å². The number of carbonyl (C=O) groups is 1. The summed E-state index contributed by atoms with van der Waals surface area (Å²) in [4.78, 5) is 11.4. The Bertz CT molecular complexity index is 845. The first-order chi connectivity index (χ1) is 12.5. The van der Waals surface area contributed by atoms with Gasteiger partial charge in [0.2, 0.25) is 0 Å². The number of carbonyl (C=O) groups excluding carboxylic acids is 1. The number of ether oxygens (including phenoxy) is 2. The molecule has 1 amide bonds. The van der Waals surface area contributed by atoms with Gasteiger partial charge in [-0.25, -0.2) is 4.79 Å². The van der Waals surface area contributed by atoms with Gasteiger partial charge in [-0.15, -0.1) is 13.2 Å². The normalized spacial score (nSPS) is 18.5. The lowest BCUT2D eigenvalue weighted by Crippen LogP contribution is -2.33. The van der Waals surface area contributed by atoms with Gasteiger partial charge in [0.15, 0.2) is 0 Å². The van der Waals surface area contributed by atoms with Crippen molar-refractivity contribution in [2.75, 3.05) is 0 Å². The molecule has 0 radical (unpaired) electrons. The quantitative estimate of drug-likeness (QED) is 0.781. The first kappa shape index (κ1) is 19.1. The maximum absolute atomic E-state index is 12.3. The van der Waals surface area contributed by atoms with Crippen molar-refractivity contribution in [1.82, 2.24) is 0 Å². The van der Waals surface area contributed by atoms with Gasteiger partial charge in [0, 0.05) is 5.41 Å². The molecule has 0 bridgehead atoms. The largest absolute Gasteiger partial charge is 0.573 e. The van der Waals surface area contributed by atoms with Crippen molar-refractivity contribution in [2.24, 2.45) is 11.1 Å². The molecule has 0 aromatic heterocycles. The van der Waals surface area contributed by atoms with Crippen molar-refractivity contribution >= 4 is 6.09 Å². The van der Waals surface area contributed by atoms with Crippen LogP contribution in [0.4, 0.5) is 18.0 Å². The monoisotopic (exact) mass is 379 g/mol. The van der Waals surface area contributed by atoms with Gasteiger partial charge in [0.25, 0.3) is 0 Å². The Balaban J connectivity index is 1.94. The van der Waals surface area contributed by atoms with Crippen molar-refractivity contribution in [3.8, 4) is 16.9 Å². The fourth-order valence-electron chi connectivity index (χ4n) is 3.44. The van der Waals surface area contributed by atoms with Crippen molar-refractivity contribution in [2.45, 2.75) is 39.2 Å². The molecule has 2 aromatic rings. The molecule has 0 saturated carbocycles. The van der Waals surface area contributed by atoms with Gasteiger partial charge in [-0.2, -0.15) is 0 Å². The second kappa shape index (κ2) is 6.79. The molecule has 2 aromatic carbocycles. The number of halogens is 3. The van der Waals surface area contributed by atoms with E-state index in [2.05, 4.69) is 4.74 Å². The number of aryl methyl sites for hydroxylation is 1. The maximum atomic E-state index is 12.3. The Morgan fingerprint density at radius 1 is 1.11 bits per heavy atom. The molecule has 2 N–H and O–H groups in total. The lowest BCUT2D eigenvalue weighted by molar-refractivity contribution is -0.274. The predicted octanol–water partition coefficient (Wildman–Crippen LogP) is 5.36. The van der Waals surface area contributed by atoms with Crippen molar-refractivity contribution in [3.63, 3.8) is 0 Å². The first-order valence-corrected chi connectivity index (χ1v) is 8.50. The van der Waals surface area contributed by atoms with Gasteiger partial charge >= 0.3 is 12.5 Å².